The van der Waals surface area contributed by atoms with Crippen LogP contribution in [0.3, 0.4) is 0 Å². The molecular weight excluding hydrogens is 436 g/mol. The summed E-state index contributed by atoms with van der Waals surface area (Å²) >= 11 is 7.17. The molecule has 1 saturated heterocycles. The highest BCUT2D eigenvalue weighted by Crippen LogP contribution is 2.32. The number of ether oxygens (including phenoxy) is 1. The summed E-state index contributed by atoms with van der Waals surface area (Å²) in [5.41, 5.74) is 3.32. The smallest absolute Gasteiger partial charge is 0.311 e. The molecule has 1 aliphatic rings. The van der Waals surface area contributed by atoms with Crippen LogP contribution in [0.1, 0.15) is 22.3 Å². The lowest BCUT2D eigenvalue weighted by Crippen LogP contribution is -2.27. The minimum Gasteiger partial charge on any atom is -0.457 e. The zero-order valence-electron chi connectivity index (χ0n) is 16.7. The molecule has 0 bridgehead atoms. The molecule has 158 valence electrons. The number of halogens is 1. The van der Waals surface area contributed by atoms with Crippen LogP contribution in [-0.2, 0) is 14.3 Å². The first-order valence-corrected chi connectivity index (χ1v) is 10.9. The van der Waals surface area contributed by atoms with Crippen molar-refractivity contribution < 1.29 is 19.1 Å². The van der Waals surface area contributed by atoms with Crippen molar-refractivity contribution in [1.82, 2.24) is 4.98 Å². The second kappa shape index (κ2) is 8.99. The van der Waals surface area contributed by atoms with Gasteiger partial charge in [0.25, 0.3) is 0 Å². The first kappa shape index (κ1) is 21.2. The summed E-state index contributed by atoms with van der Waals surface area (Å²) in [4.78, 5) is 43.2. The molecule has 0 saturated carbocycles. The number of hydrogen-bond acceptors (Lipinski definition) is 6. The number of aromatic nitrogens is 1. The number of aryl methyl sites for hydroxylation is 1. The fraction of sp³-hybridized carbons (Fsp3) is 0.217. The van der Waals surface area contributed by atoms with Crippen LogP contribution in [0.2, 0.25) is 5.02 Å². The number of Topliss-reactive ketones (excluding diaryl/α,β-unsaturated/α-hetero) is 1. The van der Waals surface area contributed by atoms with Gasteiger partial charge in [-0.15, -0.1) is 11.3 Å². The van der Waals surface area contributed by atoms with Gasteiger partial charge in [-0.25, -0.2) is 4.98 Å². The van der Waals surface area contributed by atoms with Gasteiger partial charge < -0.3 is 4.74 Å². The van der Waals surface area contributed by atoms with E-state index in [-0.39, 0.29) is 31.3 Å². The Hall–Kier alpha value is -3.03. The van der Waals surface area contributed by atoms with E-state index in [0.717, 1.165) is 16.8 Å². The maximum absolute atomic E-state index is 12.5. The van der Waals surface area contributed by atoms with E-state index in [9.17, 15) is 14.4 Å². The molecule has 1 aromatic heterocycles. The average molecular weight is 455 g/mol. The van der Waals surface area contributed by atoms with Gasteiger partial charge in [-0.05, 0) is 31.2 Å². The van der Waals surface area contributed by atoms with Crippen molar-refractivity contribution in [1.29, 1.82) is 0 Å². The Labute approximate surface area is 188 Å². The molecule has 1 amide bonds. The lowest BCUT2D eigenvalue weighted by Gasteiger charge is -2.12. The highest BCUT2D eigenvalue weighted by atomic mass is 35.5. The third-order valence-electron chi connectivity index (χ3n) is 5.04. The fourth-order valence-electron chi connectivity index (χ4n) is 3.27. The zero-order chi connectivity index (χ0) is 22.0. The molecule has 1 atom stereocenters. The van der Waals surface area contributed by atoms with Crippen molar-refractivity contribution >= 4 is 45.7 Å². The molecule has 0 N–H and O–H groups in total. The number of amides is 1. The van der Waals surface area contributed by atoms with Crippen LogP contribution in [-0.4, -0.2) is 35.8 Å². The Balaban J connectivity index is 1.36. The number of ketones is 1. The van der Waals surface area contributed by atoms with Crippen molar-refractivity contribution in [3.63, 3.8) is 0 Å². The van der Waals surface area contributed by atoms with Gasteiger partial charge in [-0.3, -0.25) is 19.3 Å². The monoisotopic (exact) mass is 454 g/mol. The first-order valence-electron chi connectivity index (χ1n) is 9.69. The molecule has 0 unspecified atom stereocenters. The molecule has 8 heteroatoms. The van der Waals surface area contributed by atoms with Gasteiger partial charge in [0, 0.05) is 34.5 Å². The summed E-state index contributed by atoms with van der Waals surface area (Å²) in [6.07, 6.45) is 0.0351. The molecule has 0 spiro atoms. The van der Waals surface area contributed by atoms with Crippen molar-refractivity contribution in [2.24, 2.45) is 5.92 Å². The Morgan fingerprint density at radius 1 is 1.16 bits per heavy atom. The van der Waals surface area contributed by atoms with Crippen molar-refractivity contribution in [3.8, 4) is 11.3 Å². The molecule has 31 heavy (non-hydrogen) atoms. The van der Waals surface area contributed by atoms with E-state index in [0.29, 0.717) is 15.7 Å². The largest absolute Gasteiger partial charge is 0.457 e. The van der Waals surface area contributed by atoms with E-state index < -0.39 is 11.9 Å². The van der Waals surface area contributed by atoms with Crippen LogP contribution in [0.4, 0.5) is 5.13 Å². The molecule has 6 nitrogen and oxygen atoms in total. The Morgan fingerprint density at radius 3 is 2.58 bits per heavy atom. The van der Waals surface area contributed by atoms with E-state index in [1.165, 1.54) is 16.2 Å². The second-order valence-electron chi connectivity index (χ2n) is 7.32. The molecule has 3 aromatic rings. The lowest BCUT2D eigenvalue weighted by molar-refractivity contribution is -0.147. The third kappa shape index (κ3) is 4.84. The minimum absolute atomic E-state index is 0.0351. The van der Waals surface area contributed by atoms with E-state index in [1.807, 2.05) is 36.6 Å². The van der Waals surface area contributed by atoms with Crippen LogP contribution in [0.25, 0.3) is 11.3 Å². The number of rotatable bonds is 6. The minimum atomic E-state index is -0.628. The maximum Gasteiger partial charge on any atom is 0.311 e. The topological polar surface area (TPSA) is 76.6 Å². The molecule has 1 aliphatic heterocycles. The average Bonchev–Trinajstić information content (AvgIpc) is 3.39. The summed E-state index contributed by atoms with van der Waals surface area (Å²) in [5, 5.41) is 2.96. The number of benzene rings is 2. The van der Waals surface area contributed by atoms with Crippen molar-refractivity contribution in [3.05, 3.63) is 70.1 Å². The molecule has 4 rings (SSSR count). The summed E-state index contributed by atoms with van der Waals surface area (Å²) in [7, 11) is 0. The molecule has 2 heterocycles. The van der Waals surface area contributed by atoms with Crippen LogP contribution >= 0.6 is 22.9 Å². The van der Waals surface area contributed by atoms with E-state index in [1.54, 1.807) is 24.3 Å². The summed E-state index contributed by atoms with van der Waals surface area (Å²) < 4.78 is 5.17. The SMILES string of the molecule is Cc1ccc(-c2csc(N3C[C@H](C(=O)OCC(=O)c4ccc(Cl)cc4)CC3=O)n2)cc1. The standard InChI is InChI=1S/C23H19ClN2O4S/c1-14-2-4-15(5-3-14)19-13-31-23(25-19)26-11-17(10-21(26)28)22(29)30-12-20(27)16-6-8-18(24)9-7-16/h2-9,13,17H,10-12H2,1H3/t17-/m1/s1. The molecule has 1 fully saturated rings. The molecular formula is C23H19ClN2O4S. The number of thiazole rings is 1. The van der Waals surface area contributed by atoms with Gasteiger partial charge in [-0.2, -0.15) is 0 Å². The van der Waals surface area contributed by atoms with Crippen molar-refractivity contribution in [2.45, 2.75) is 13.3 Å². The van der Waals surface area contributed by atoms with Gasteiger partial charge in [0.2, 0.25) is 5.91 Å². The first-order chi connectivity index (χ1) is 14.9. The second-order valence-corrected chi connectivity index (χ2v) is 8.60. The van der Waals surface area contributed by atoms with Gasteiger partial charge in [0.15, 0.2) is 17.5 Å². The van der Waals surface area contributed by atoms with Gasteiger partial charge in [-0.1, -0.05) is 41.4 Å². The number of carbonyl (C=O) groups is 3. The highest BCUT2D eigenvalue weighted by Gasteiger charge is 2.37. The summed E-state index contributed by atoms with van der Waals surface area (Å²) in [5.74, 6) is -1.70. The molecule has 0 aliphatic carbocycles. The number of nitrogens with zero attached hydrogens (tertiary/aromatic N) is 2. The summed E-state index contributed by atoms with van der Waals surface area (Å²) in [6, 6.07) is 14.3. The number of carbonyl (C=O) groups excluding carboxylic acids is 3. The third-order valence-corrected chi connectivity index (χ3v) is 6.16. The number of hydrogen-bond donors (Lipinski definition) is 0. The van der Waals surface area contributed by atoms with E-state index in [2.05, 4.69) is 4.98 Å². The molecule has 2 aromatic carbocycles. The lowest BCUT2D eigenvalue weighted by atomic mass is 10.1. The van der Waals surface area contributed by atoms with Gasteiger partial charge in [0.05, 0.1) is 11.6 Å². The zero-order valence-corrected chi connectivity index (χ0v) is 18.3. The summed E-state index contributed by atoms with van der Waals surface area (Å²) in [6.45, 7) is 1.83. The van der Waals surface area contributed by atoms with Crippen LogP contribution in [0, 0.1) is 12.8 Å². The number of esters is 1. The highest BCUT2D eigenvalue weighted by molar-refractivity contribution is 7.14. The van der Waals surface area contributed by atoms with Gasteiger partial charge >= 0.3 is 5.97 Å². The predicted molar refractivity (Wildman–Crippen MR) is 119 cm³/mol. The Morgan fingerprint density at radius 2 is 1.87 bits per heavy atom. The normalized spacial score (nSPS) is 15.9. The quantitative estimate of drug-likeness (QED) is 0.403. The van der Waals surface area contributed by atoms with E-state index in [4.69, 9.17) is 16.3 Å². The van der Waals surface area contributed by atoms with Crippen LogP contribution < -0.4 is 4.90 Å². The Kier molecular flexibility index (Phi) is 6.15. The predicted octanol–water partition coefficient (Wildman–Crippen LogP) is 4.55. The van der Waals surface area contributed by atoms with Crippen LogP contribution in [0.15, 0.2) is 53.9 Å². The maximum atomic E-state index is 12.5. The van der Waals surface area contributed by atoms with E-state index >= 15 is 0 Å². The van der Waals surface area contributed by atoms with Gasteiger partial charge in [0.1, 0.15) is 0 Å². The van der Waals surface area contributed by atoms with Crippen molar-refractivity contribution in [2.75, 3.05) is 18.1 Å². The fourth-order valence-corrected chi connectivity index (χ4v) is 4.26. The Bertz CT molecular complexity index is 1130. The molecule has 0 radical (unpaired) electrons. The van der Waals surface area contributed by atoms with Crippen LogP contribution in [0.5, 0.6) is 0 Å². The number of anilines is 1.